The number of nitrogens with zero attached hydrogens (tertiary/aromatic N) is 2. The summed E-state index contributed by atoms with van der Waals surface area (Å²) in [5, 5.41) is 11.8. The van der Waals surface area contributed by atoms with Crippen molar-refractivity contribution >= 4 is 11.6 Å². The molecule has 21 heavy (non-hydrogen) atoms. The van der Waals surface area contributed by atoms with E-state index in [1.165, 1.54) is 7.11 Å². The molecule has 0 aliphatic carbocycles. The number of hydrogen-bond acceptors (Lipinski definition) is 5. The van der Waals surface area contributed by atoms with Crippen molar-refractivity contribution in [2.75, 3.05) is 50.2 Å². The highest BCUT2D eigenvalue weighted by Gasteiger charge is 2.32. The summed E-state index contributed by atoms with van der Waals surface area (Å²) in [7, 11) is 1.50. The molecule has 0 radical (unpaired) electrons. The second-order valence-corrected chi connectivity index (χ2v) is 4.33. The minimum Gasteiger partial charge on any atom is -0.395 e. The molecular formula is C13H20F3N3O2. The Bertz CT molecular complexity index is 441. The van der Waals surface area contributed by atoms with Crippen LogP contribution < -0.4 is 10.2 Å². The van der Waals surface area contributed by atoms with Gasteiger partial charge in [-0.3, -0.25) is 0 Å². The second kappa shape index (κ2) is 8.04. The van der Waals surface area contributed by atoms with Crippen LogP contribution in [0.15, 0.2) is 12.1 Å². The van der Waals surface area contributed by atoms with E-state index in [-0.39, 0.29) is 24.8 Å². The maximum absolute atomic E-state index is 12.9. The lowest BCUT2D eigenvalue weighted by molar-refractivity contribution is -0.137. The average molecular weight is 307 g/mol. The number of pyridine rings is 1. The number of ether oxygens (including phenoxy) is 1. The van der Waals surface area contributed by atoms with Crippen molar-refractivity contribution in [3.05, 3.63) is 17.7 Å². The lowest BCUT2D eigenvalue weighted by atomic mass is 10.2. The molecule has 0 amide bonds. The van der Waals surface area contributed by atoms with Gasteiger partial charge in [-0.05, 0) is 19.1 Å². The maximum atomic E-state index is 12.9. The third-order valence-corrected chi connectivity index (χ3v) is 2.76. The first-order valence-electron chi connectivity index (χ1n) is 6.60. The van der Waals surface area contributed by atoms with Gasteiger partial charge in [0.25, 0.3) is 0 Å². The normalized spacial score (nSPS) is 11.5. The van der Waals surface area contributed by atoms with Gasteiger partial charge in [-0.1, -0.05) is 0 Å². The van der Waals surface area contributed by atoms with E-state index in [1.807, 2.05) is 0 Å². The number of nitrogens with one attached hydrogen (secondary N) is 1. The van der Waals surface area contributed by atoms with E-state index in [9.17, 15) is 13.2 Å². The quantitative estimate of drug-likeness (QED) is 0.769. The fourth-order valence-electron chi connectivity index (χ4n) is 1.78. The highest BCUT2D eigenvalue weighted by molar-refractivity contribution is 5.51. The number of aromatic nitrogens is 1. The monoisotopic (exact) mass is 307 g/mol. The van der Waals surface area contributed by atoms with Gasteiger partial charge in [0, 0.05) is 26.7 Å². The Morgan fingerprint density at radius 3 is 2.57 bits per heavy atom. The van der Waals surface area contributed by atoms with Crippen molar-refractivity contribution in [2.45, 2.75) is 13.1 Å². The zero-order chi connectivity index (χ0) is 15.9. The molecule has 0 aliphatic heterocycles. The molecule has 2 N–H and O–H groups in total. The number of anilines is 2. The summed E-state index contributed by atoms with van der Waals surface area (Å²) in [5.41, 5.74) is -0.774. The molecule has 0 unspecified atom stereocenters. The third-order valence-electron chi connectivity index (χ3n) is 2.76. The first-order chi connectivity index (χ1) is 9.92. The van der Waals surface area contributed by atoms with Crippen LogP contribution in [0.4, 0.5) is 24.8 Å². The van der Waals surface area contributed by atoms with E-state index in [1.54, 1.807) is 11.8 Å². The number of alkyl halides is 3. The van der Waals surface area contributed by atoms with Crippen LogP contribution in [-0.4, -0.2) is 50.0 Å². The maximum Gasteiger partial charge on any atom is 0.416 e. The molecule has 120 valence electrons. The predicted octanol–water partition coefficient (Wildman–Crippen LogP) is 1.98. The average Bonchev–Trinajstić information content (AvgIpc) is 2.42. The molecule has 0 atom stereocenters. The van der Waals surface area contributed by atoms with Crippen LogP contribution in [0.1, 0.15) is 12.5 Å². The van der Waals surface area contributed by atoms with Gasteiger partial charge in [0.15, 0.2) is 0 Å². The Labute approximate surface area is 121 Å². The minimum absolute atomic E-state index is 0.155. The number of hydrogen-bond donors (Lipinski definition) is 2. The van der Waals surface area contributed by atoms with Crippen molar-refractivity contribution in [1.29, 1.82) is 0 Å². The van der Waals surface area contributed by atoms with Gasteiger partial charge < -0.3 is 20.1 Å². The molecule has 0 spiro atoms. The fourth-order valence-corrected chi connectivity index (χ4v) is 1.78. The molecular weight excluding hydrogens is 287 g/mol. The first-order valence-corrected chi connectivity index (χ1v) is 6.60. The van der Waals surface area contributed by atoms with Crippen molar-refractivity contribution in [1.82, 2.24) is 4.98 Å². The molecule has 0 aromatic carbocycles. The van der Waals surface area contributed by atoms with Crippen LogP contribution in [0.25, 0.3) is 0 Å². The molecule has 1 rings (SSSR count). The number of aliphatic hydroxyl groups is 1. The van der Waals surface area contributed by atoms with Crippen molar-refractivity contribution in [3.8, 4) is 0 Å². The van der Waals surface area contributed by atoms with Gasteiger partial charge in [-0.25, -0.2) is 4.98 Å². The summed E-state index contributed by atoms with van der Waals surface area (Å²) in [4.78, 5) is 5.71. The van der Waals surface area contributed by atoms with Crippen LogP contribution in [-0.2, 0) is 10.9 Å². The molecule has 0 fully saturated rings. The SMILES string of the molecule is CCNc1cc(C(F)(F)F)cc(N(CCO)CCOC)n1. The number of aliphatic hydroxyl groups excluding tert-OH is 1. The summed E-state index contributed by atoms with van der Waals surface area (Å²) >= 11 is 0. The van der Waals surface area contributed by atoms with Crippen LogP contribution in [0.3, 0.4) is 0 Å². The first kappa shape index (κ1) is 17.5. The highest BCUT2D eigenvalue weighted by Crippen LogP contribution is 2.32. The molecule has 1 aromatic rings. The smallest absolute Gasteiger partial charge is 0.395 e. The zero-order valence-corrected chi connectivity index (χ0v) is 12.1. The Hall–Kier alpha value is -1.54. The number of rotatable bonds is 8. The van der Waals surface area contributed by atoms with E-state index >= 15 is 0 Å². The standard InChI is InChI=1S/C13H20F3N3O2/c1-3-17-11-8-10(13(14,15)16)9-12(18-11)19(4-6-20)5-7-21-2/h8-9,20H,3-7H2,1-2H3,(H,17,18). The summed E-state index contributed by atoms with van der Waals surface area (Å²) in [6.07, 6.45) is -4.45. The fraction of sp³-hybridized carbons (Fsp3) is 0.615. The van der Waals surface area contributed by atoms with E-state index < -0.39 is 11.7 Å². The van der Waals surface area contributed by atoms with Crippen LogP contribution in [0, 0.1) is 0 Å². The molecule has 8 heteroatoms. The van der Waals surface area contributed by atoms with Gasteiger partial charge in [0.2, 0.25) is 0 Å². The molecule has 5 nitrogen and oxygen atoms in total. The summed E-state index contributed by atoms with van der Waals surface area (Å²) in [5.74, 6) is 0.314. The topological polar surface area (TPSA) is 57.6 Å². The predicted molar refractivity (Wildman–Crippen MR) is 74.6 cm³/mol. The van der Waals surface area contributed by atoms with E-state index in [4.69, 9.17) is 9.84 Å². The summed E-state index contributed by atoms with van der Waals surface area (Å²) < 4.78 is 43.8. The lowest BCUT2D eigenvalue weighted by Crippen LogP contribution is -2.31. The number of methoxy groups -OCH3 is 1. The Morgan fingerprint density at radius 1 is 1.33 bits per heavy atom. The van der Waals surface area contributed by atoms with Gasteiger partial charge >= 0.3 is 6.18 Å². The molecule has 0 saturated heterocycles. The number of halogens is 3. The zero-order valence-electron chi connectivity index (χ0n) is 12.1. The summed E-state index contributed by atoms with van der Waals surface area (Å²) in [6, 6.07) is 1.95. The molecule has 1 heterocycles. The Kier molecular flexibility index (Phi) is 6.70. The van der Waals surface area contributed by atoms with Gasteiger partial charge in [-0.15, -0.1) is 0 Å². The summed E-state index contributed by atoms with van der Waals surface area (Å²) in [6.45, 7) is 2.91. The van der Waals surface area contributed by atoms with E-state index in [0.29, 0.717) is 19.7 Å². The Balaban J connectivity index is 3.14. The third kappa shape index (κ3) is 5.39. The molecule has 0 saturated carbocycles. The Morgan fingerprint density at radius 2 is 2.05 bits per heavy atom. The van der Waals surface area contributed by atoms with Crippen molar-refractivity contribution < 1.29 is 23.0 Å². The largest absolute Gasteiger partial charge is 0.416 e. The van der Waals surface area contributed by atoms with E-state index in [2.05, 4.69) is 10.3 Å². The van der Waals surface area contributed by atoms with Crippen LogP contribution in [0.5, 0.6) is 0 Å². The minimum atomic E-state index is -4.45. The second-order valence-electron chi connectivity index (χ2n) is 4.33. The lowest BCUT2D eigenvalue weighted by Gasteiger charge is -2.24. The van der Waals surface area contributed by atoms with Crippen LogP contribution >= 0.6 is 0 Å². The van der Waals surface area contributed by atoms with Crippen molar-refractivity contribution in [2.24, 2.45) is 0 Å². The molecule has 0 bridgehead atoms. The van der Waals surface area contributed by atoms with Crippen molar-refractivity contribution in [3.63, 3.8) is 0 Å². The van der Waals surface area contributed by atoms with Crippen LogP contribution in [0.2, 0.25) is 0 Å². The van der Waals surface area contributed by atoms with Gasteiger partial charge in [-0.2, -0.15) is 13.2 Å². The van der Waals surface area contributed by atoms with E-state index in [0.717, 1.165) is 12.1 Å². The highest BCUT2D eigenvalue weighted by atomic mass is 19.4. The van der Waals surface area contributed by atoms with Gasteiger partial charge in [0.05, 0.1) is 18.8 Å². The molecule has 0 aliphatic rings. The molecule has 1 aromatic heterocycles. The van der Waals surface area contributed by atoms with Gasteiger partial charge in [0.1, 0.15) is 11.6 Å².